The lowest BCUT2D eigenvalue weighted by Crippen LogP contribution is -2.14. The highest BCUT2D eigenvalue weighted by atomic mass is 16.5. The maximum absolute atomic E-state index is 10.3. The predicted molar refractivity (Wildman–Crippen MR) is 36.2 cm³/mol. The van der Waals surface area contributed by atoms with Crippen molar-refractivity contribution in [3.8, 4) is 0 Å². The topological polar surface area (TPSA) is 66.8 Å². The standard InChI is InChI=1S/C5H9BO4/c1-2-5(7)10-4-3-6(8)9/h2,8-9H,1,3-4H2. The number of ether oxygens (including phenoxy) is 1. The van der Waals surface area contributed by atoms with Gasteiger partial charge in [-0.05, 0) is 0 Å². The van der Waals surface area contributed by atoms with Crippen LogP contribution in [-0.4, -0.2) is 29.7 Å². The molecule has 0 radical (unpaired) electrons. The van der Waals surface area contributed by atoms with Crippen LogP contribution in [0.2, 0.25) is 6.32 Å². The van der Waals surface area contributed by atoms with Gasteiger partial charge in [0.05, 0.1) is 6.61 Å². The van der Waals surface area contributed by atoms with E-state index in [-0.39, 0.29) is 12.9 Å². The Morgan fingerprint density at radius 1 is 1.70 bits per heavy atom. The van der Waals surface area contributed by atoms with Crippen LogP contribution in [0, 0.1) is 0 Å². The Labute approximate surface area is 59.3 Å². The molecular weight excluding hydrogens is 135 g/mol. The highest BCUT2D eigenvalue weighted by molar-refractivity contribution is 6.41. The molecule has 0 saturated carbocycles. The molecule has 0 aromatic carbocycles. The number of carbonyl (C=O) groups is 1. The molecule has 0 spiro atoms. The third-order valence-corrected chi connectivity index (χ3v) is 0.787. The Morgan fingerprint density at radius 2 is 2.30 bits per heavy atom. The highest BCUT2D eigenvalue weighted by Crippen LogP contribution is 1.86. The van der Waals surface area contributed by atoms with E-state index in [0.717, 1.165) is 6.08 Å². The van der Waals surface area contributed by atoms with Crippen molar-refractivity contribution in [3.63, 3.8) is 0 Å². The molecule has 56 valence electrons. The van der Waals surface area contributed by atoms with E-state index in [1.807, 2.05) is 0 Å². The van der Waals surface area contributed by atoms with Crippen molar-refractivity contribution in [1.29, 1.82) is 0 Å². The maximum Gasteiger partial charge on any atom is 0.454 e. The minimum Gasteiger partial charge on any atom is -0.463 e. The van der Waals surface area contributed by atoms with Gasteiger partial charge in [0.15, 0.2) is 0 Å². The Balaban J connectivity index is 3.19. The number of carbonyl (C=O) groups excluding carboxylic acids is 1. The predicted octanol–water partition coefficient (Wildman–Crippen LogP) is -0.812. The molecule has 0 aliphatic carbocycles. The van der Waals surface area contributed by atoms with Crippen molar-refractivity contribution in [2.75, 3.05) is 6.61 Å². The first-order valence-electron chi connectivity index (χ1n) is 2.82. The van der Waals surface area contributed by atoms with E-state index in [9.17, 15) is 4.79 Å². The van der Waals surface area contributed by atoms with Crippen molar-refractivity contribution in [1.82, 2.24) is 0 Å². The molecule has 2 N–H and O–H groups in total. The molecule has 0 aromatic heterocycles. The monoisotopic (exact) mass is 144 g/mol. The normalized spacial score (nSPS) is 8.60. The van der Waals surface area contributed by atoms with Gasteiger partial charge in [-0.3, -0.25) is 0 Å². The fraction of sp³-hybridized carbons (Fsp3) is 0.400. The zero-order valence-electron chi connectivity index (χ0n) is 5.49. The summed E-state index contributed by atoms with van der Waals surface area (Å²) in [6.45, 7) is 3.16. The van der Waals surface area contributed by atoms with Gasteiger partial charge >= 0.3 is 13.1 Å². The van der Waals surface area contributed by atoms with Crippen molar-refractivity contribution < 1.29 is 19.6 Å². The van der Waals surface area contributed by atoms with Gasteiger partial charge in [-0.25, -0.2) is 4.79 Å². The van der Waals surface area contributed by atoms with Crippen LogP contribution >= 0.6 is 0 Å². The van der Waals surface area contributed by atoms with Gasteiger partial charge in [-0.2, -0.15) is 0 Å². The molecule has 0 bridgehead atoms. The van der Waals surface area contributed by atoms with E-state index >= 15 is 0 Å². The fourth-order valence-electron chi connectivity index (χ4n) is 0.324. The fourth-order valence-corrected chi connectivity index (χ4v) is 0.324. The highest BCUT2D eigenvalue weighted by Gasteiger charge is 2.06. The second kappa shape index (κ2) is 5.02. The summed E-state index contributed by atoms with van der Waals surface area (Å²) in [6, 6.07) is 0. The molecule has 0 saturated heterocycles. The number of hydrogen-bond donors (Lipinski definition) is 2. The largest absolute Gasteiger partial charge is 0.463 e. The molecule has 0 amide bonds. The molecule has 0 aliphatic heterocycles. The van der Waals surface area contributed by atoms with E-state index in [1.54, 1.807) is 0 Å². The SMILES string of the molecule is C=CC(=O)OCCB(O)O. The van der Waals surface area contributed by atoms with E-state index in [2.05, 4.69) is 11.3 Å². The first kappa shape index (κ1) is 9.19. The zero-order valence-corrected chi connectivity index (χ0v) is 5.49. The molecule has 0 rings (SSSR count). The smallest absolute Gasteiger partial charge is 0.454 e. The molecule has 4 nitrogen and oxygen atoms in total. The van der Waals surface area contributed by atoms with Gasteiger partial charge in [-0.1, -0.05) is 6.58 Å². The molecule has 0 heterocycles. The summed E-state index contributed by atoms with van der Waals surface area (Å²) in [5, 5.41) is 16.6. The summed E-state index contributed by atoms with van der Waals surface area (Å²) in [5.41, 5.74) is 0. The second-order valence-electron chi connectivity index (χ2n) is 1.64. The van der Waals surface area contributed by atoms with Gasteiger partial charge in [-0.15, -0.1) is 0 Å². The summed E-state index contributed by atoms with van der Waals surface area (Å²) in [4.78, 5) is 10.3. The first-order valence-corrected chi connectivity index (χ1v) is 2.82. The van der Waals surface area contributed by atoms with Gasteiger partial charge in [0.1, 0.15) is 0 Å². The minimum absolute atomic E-state index is 0.00250. The molecule has 0 unspecified atom stereocenters. The lowest BCUT2D eigenvalue weighted by Gasteiger charge is -1.98. The first-order chi connectivity index (χ1) is 4.66. The van der Waals surface area contributed by atoms with Crippen molar-refractivity contribution in [3.05, 3.63) is 12.7 Å². The van der Waals surface area contributed by atoms with E-state index in [4.69, 9.17) is 10.0 Å². The van der Waals surface area contributed by atoms with Crippen LogP contribution in [0.15, 0.2) is 12.7 Å². The number of esters is 1. The summed E-state index contributed by atoms with van der Waals surface area (Å²) in [6.07, 6.45) is 1.04. The average Bonchev–Trinajstić information content (AvgIpc) is 1.87. The third-order valence-electron chi connectivity index (χ3n) is 0.787. The van der Waals surface area contributed by atoms with Crippen LogP contribution in [0.3, 0.4) is 0 Å². The summed E-state index contributed by atoms with van der Waals surface area (Å²) >= 11 is 0. The Bertz CT molecular complexity index is 123. The molecule has 0 aliphatic rings. The van der Waals surface area contributed by atoms with Crippen molar-refractivity contribution in [2.45, 2.75) is 6.32 Å². The van der Waals surface area contributed by atoms with Crippen LogP contribution in [0.1, 0.15) is 0 Å². The van der Waals surface area contributed by atoms with Gasteiger partial charge in [0.2, 0.25) is 0 Å². The molecule has 5 heteroatoms. The summed E-state index contributed by atoms with van der Waals surface area (Å²) in [7, 11) is -1.42. The Morgan fingerprint density at radius 3 is 2.70 bits per heavy atom. The third kappa shape index (κ3) is 5.33. The van der Waals surface area contributed by atoms with Crippen LogP contribution in [0.25, 0.3) is 0 Å². The van der Waals surface area contributed by atoms with Crippen LogP contribution in [0.4, 0.5) is 0 Å². The lowest BCUT2D eigenvalue weighted by molar-refractivity contribution is -0.137. The van der Waals surface area contributed by atoms with Crippen molar-refractivity contribution in [2.24, 2.45) is 0 Å². The quantitative estimate of drug-likeness (QED) is 0.307. The van der Waals surface area contributed by atoms with Gasteiger partial charge in [0, 0.05) is 12.4 Å². The van der Waals surface area contributed by atoms with Crippen molar-refractivity contribution >= 4 is 13.1 Å². The zero-order chi connectivity index (χ0) is 7.98. The molecule has 0 aromatic rings. The summed E-state index contributed by atoms with van der Waals surface area (Å²) in [5.74, 6) is -0.555. The summed E-state index contributed by atoms with van der Waals surface area (Å²) < 4.78 is 4.42. The Hall–Kier alpha value is -0.805. The van der Waals surface area contributed by atoms with Gasteiger partial charge in [0.25, 0.3) is 0 Å². The van der Waals surface area contributed by atoms with Crippen LogP contribution in [-0.2, 0) is 9.53 Å². The number of rotatable bonds is 4. The molecular formula is C5H9BO4. The maximum atomic E-state index is 10.3. The Kier molecular flexibility index (Phi) is 4.61. The molecule has 0 atom stereocenters. The van der Waals surface area contributed by atoms with Gasteiger partial charge < -0.3 is 14.8 Å². The van der Waals surface area contributed by atoms with E-state index in [0.29, 0.717) is 0 Å². The second-order valence-corrected chi connectivity index (χ2v) is 1.64. The average molecular weight is 144 g/mol. The molecule has 0 fully saturated rings. The van der Waals surface area contributed by atoms with Crippen LogP contribution in [0.5, 0.6) is 0 Å². The van der Waals surface area contributed by atoms with E-state index < -0.39 is 13.1 Å². The number of hydrogen-bond acceptors (Lipinski definition) is 4. The minimum atomic E-state index is -1.42. The lowest BCUT2D eigenvalue weighted by atomic mass is 9.87. The van der Waals surface area contributed by atoms with E-state index in [1.165, 1.54) is 0 Å². The molecule has 10 heavy (non-hydrogen) atoms. The van der Waals surface area contributed by atoms with Crippen LogP contribution < -0.4 is 0 Å².